The van der Waals surface area contributed by atoms with Crippen molar-refractivity contribution in [2.75, 3.05) is 11.4 Å². The second-order valence-corrected chi connectivity index (χ2v) is 5.06. The zero-order valence-corrected chi connectivity index (χ0v) is 12.4. The molecule has 21 heavy (non-hydrogen) atoms. The second-order valence-electron chi connectivity index (χ2n) is 5.06. The van der Waals surface area contributed by atoms with Crippen molar-refractivity contribution in [1.82, 2.24) is 0 Å². The topological polar surface area (TPSA) is 23.5 Å². The minimum Gasteiger partial charge on any atom is -0.389 e. The van der Waals surface area contributed by atoms with Crippen LogP contribution in [0.2, 0.25) is 0 Å². The number of aliphatic hydroxyl groups is 1. The summed E-state index contributed by atoms with van der Waals surface area (Å²) in [5, 5.41) is 9.90. The summed E-state index contributed by atoms with van der Waals surface area (Å²) in [6, 6.07) is 9.19. The van der Waals surface area contributed by atoms with Gasteiger partial charge in [-0.2, -0.15) is 0 Å². The van der Waals surface area contributed by atoms with Crippen LogP contribution in [0.1, 0.15) is 31.1 Å². The first-order valence-corrected chi connectivity index (χ1v) is 6.95. The van der Waals surface area contributed by atoms with E-state index < -0.39 is 6.10 Å². The van der Waals surface area contributed by atoms with Gasteiger partial charge in [0.15, 0.2) is 0 Å². The number of halogens is 2. The van der Waals surface area contributed by atoms with E-state index in [0.29, 0.717) is 17.7 Å². The van der Waals surface area contributed by atoms with Gasteiger partial charge < -0.3 is 10.0 Å². The van der Waals surface area contributed by atoms with Crippen molar-refractivity contribution in [1.29, 1.82) is 0 Å². The summed E-state index contributed by atoms with van der Waals surface area (Å²) in [7, 11) is 0. The fraction of sp³-hybridized carbons (Fsp3) is 0.294. The van der Waals surface area contributed by atoms with E-state index in [2.05, 4.69) is 0 Å². The molecule has 0 heterocycles. The Morgan fingerprint density at radius 1 is 1.14 bits per heavy atom. The Balaban J connectivity index is 2.56. The molecule has 0 aliphatic rings. The van der Waals surface area contributed by atoms with Gasteiger partial charge in [-0.15, -0.1) is 0 Å². The van der Waals surface area contributed by atoms with Crippen LogP contribution in [0.15, 0.2) is 36.4 Å². The fourth-order valence-electron chi connectivity index (χ4n) is 2.36. The lowest BCUT2D eigenvalue weighted by atomic mass is 10.0. The van der Waals surface area contributed by atoms with Gasteiger partial charge in [0.25, 0.3) is 0 Å². The molecule has 0 saturated heterocycles. The van der Waals surface area contributed by atoms with E-state index in [1.54, 1.807) is 32.0 Å². The highest BCUT2D eigenvalue weighted by atomic mass is 19.1. The van der Waals surface area contributed by atoms with Crippen molar-refractivity contribution in [3.8, 4) is 0 Å². The monoisotopic (exact) mass is 291 g/mol. The molecule has 0 saturated carbocycles. The van der Waals surface area contributed by atoms with E-state index in [0.717, 1.165) is 11.4 Å². The molecule has 0 aromatic heterocycles. The molecule has 4 heteroatoms. The third-order valence-corrected chi connectivity index (χ3v) is 3.50. The Bertz CT molecular complexity index is 623. The Hall–Kier alpha value is -1.94. The van der Waals surface area contributed by atoms with Gasteiger partial charge in [0.1, 0.15) is 11.6 Å². The van der Waals surface area contributed by atoms with Crippen LogP contribution in [0, 0.1) is 18.6 Å². The smallest absolute Gasteiger partial charge is 0.126 e. The molecule has 2 aromatic carbocycles. The number of aliphatic hydroxyl groups excluding tert-OH is 1. The molecule has 0 spiro atoms. The Labute approximate surface area is 123 Å². The number of nitrogens with zero attached hydrogens (tertiary/aromatic N) is 1. The SMILES string of the molecule is CCN(c1ccc(F)cc1)c1cc(C)c(F)cc1[C@H](C)O. The van der Waals surface area contributed by atoms with E-state index in [9.17, 15) is 13.9 Å². The standard InChI is InChI=1S/C17H19F2NO/c1-4-20(14-7-5-13(18)6-8-14)17-9-11(2)16(19)10-15(17)12(3)21/h5-10,12,21H,4H2,1-3H3/t12-/m0/s1. The highest BCUT2D eigenvalue weighted by Crippen LogP contribution is 2.34. The molecule has 2 nitrogen and oxygen atoms in total. The molecule has 0 bridgehead atoms. The number of hydrogen-bond donors (Lipinski definition) is 1. The number of hydrogen-bond acceptors (Lipinski definition) is 2. The van der Waals surface area contributed by atoms with Gasteiger partial charge in [-0.3, -0.25) is 0 Å². The van der Waals surface area contributed by atoms with Crippen molar-refractivity contribution in [3.63, 3.8) is 0 Å². The van der Waals surface area contributed by atoms with Gasteiger partial charge in [-0.1, -0.05) is 0 Å². The number of rotatable bonds is 4. The highest BCUT2D eigenvalue weighted by Gasteiger charge is 2.17. The molecule has 0 unspecified atom stereocenters. The Morgan fingerprint density at radius 3 is 2.29 bits per heavy atom. The van der Waals surface area contributed by atoms with Crippen LogP contribution in [0.3, 0.4) is 0 Å². The number of anilines is 2. The fourth-order valence-corrected chi connectivity index (χ4v) is 2.36. The van der Waals surface area contributed by atoms with Crippen LogP contribution in [0.25, 0.3) is 0 Å². The summed E-state index contributed by atoms with van der Waals surface area (Å²) >= 11 is 0. The number of benzene rings is 2. The van der Waals surface area contributed by atoms with Gasteiger partial charge >= 0.3 is 0 Å². The van der Waals surface area contributed by atoms with E-state index in [-0.39, 0.29) is 11.6 Å². The van der Waals surface area contributed by atoms with Gasteiger partial charge in [0.2, 0.25) is 0 Å². The van der Waals surface area contributed by atoms with Gasteiger partial charge in [-0.05, 0) is 62.7 Å². The Morgan fingerprint density at radius 2 is 1.76 bits per heavy atom. The average molecular weight is 291 g/mol. The van der Waals surface area contributed by atoms with Gasteiger partial charge in [-0.25, -0.2) is 8.78 Å². The molecule has 0 aliphatic heterocycles. The van der Waals surface area contributed by atoms with Crippen molar-refractivity contribution in [2.24, 2.45) is 0 Å². The first kappa shape index (κ1) is 15.4. The molecule has 0 fully saturated rings. The normalized spacial score (nSPS) is 12.3. The quantitative estimate of drug-likeness (QED) is 0.897. The van der Waals surface area contributed by atoms with Crippen LogP contribution in [-0.4, -0.2) is 11.7 Å². The molecular formula is C17H19F2NO. The largest absolute Gasteiger partial charge is 0.389 e. The molecular weight excluding hydrogens is 272 g/mol. The summed E-state index contributed by atoms with van der Waals surface area (Å²) in [4.78, 5) is 1.92. The van der Waals surface area contributed by atoms with Crippen molar-refractivity contribution in [3.05, 3.63) is 59.2 Å². The van der Waals surface area contributed by atoms with E-state index in [1.807, 2.05) is 11.8 Å². The second kappa shape index (κ2) is 6.22. The van der Waals surface area contributed by atoms with Crippen molar-refractivity contribution < 1.29 is 13.9 Å². The van der Waals surface area contributed by atoms with Gasteiger partial charge in [0, 0.05) is 23.5 Å². The highest BCUT2D eigenvalue weighted by molar-refractivity contribution is 5.67. The van der Waals surface area contributed by atoms with Crippen LogP contribution in [0.5, 0.6) is 0 Å². The van der Waals surface area contributed by atoms with E-state index >= 15 is 0 Å². The van der Waals surface area contributed by atoms with Crippen molar-refractivity contribution >= 4 is 11.4 Å². The predicted molar refractivity (Wildman–Crippen MR) is 80.9 cm³/mol. The van der Waals surface area contributed by atoms with Crippen molar-refractivity contribution in [2.45, 2.75) is 26.9 Å². The maximum atomic E-state index is 13.8. The third kappa shape index (κ3) is 3.22. The van der Waals surface area contributed by atoms with Crippen LogP contribution in [-0.2, 0) is 0 Å². The maximum Gasteiger partial charge on any atom is 0.126 e. The lowest BCUT2D eigenvalue weighted by Crippen LogP contribution is -2.19. The lowest BCUT2D eigenvalue weighted by Gasteiger charge is -2.27. The van der Waals surface area contributed by atoms with Gasteiger partial charge in [0.05, 0.1) is 6.10 Å². The summed E-state index contributed by atoms with van der Waals surface area (Å²) < 4.78 is 26.8. The third-order valence-electron chi connectivity index (χ3n) is 3.50. The molecule has 0 aliphatic carbocycles. The first-order valence-electron chi connectivity index (χ1n) is 6.95. The summed E-state index contributed by atoms with van der Waals surface area (Å²) in [6.07, 6.45) is -0.787. The number of aryl methyl sites for hydroxylation is 1. The minimum absolute atomic E-state index is 0.305. The molecule has 1 N–H and O–H groups in total. The minimum atomic E-state index is -0.787. The Kier molecular flexibility index (Phi) is 4.58. The van der Waals surface area contributed by atoms with E-state index in [4.69, 9.17) is 0 Å². The lowest BCUT2D eigenvalue weighted by molar-refractivity contribution is 0.199. The molecule has 1 atom stereocenters. The zero-order valence-electron chi connectivity index (χ0n) is 12.4. The van der Waals surface area contributed by atoms with Crippen LogP contribution >= 0.6 is 0 Å². The molecule has 112 valence electrons. The summed E-state index contributed by atoms with van der Waals surface area (Å²) in [6.45, 7) is 5.86. The molecule has 2 aromatic rings. The predicted octanol–water partition coefficient (Wildman–Crippen LogP) is 4.48. The summed E-state index contributed by atoms with van der Waals surface area (Å²) in [5.41, 5.74) is 2.56. The molecule has 2 rings (SSSR count). The van der Waals surface area contributed by atoms with E-state index in [1.165, 1.54) is 18.2 Å². The zero-order chi connectivity index (χ0) is 15.6. The summed E-state index contributed by atoms with van der Waals surface area (Å²) in [5.74, 6) is -0.648. The maximum absolute atomic E-state index is 13.8. The van der Waals surface area contributed by atoms with Crippen LogP contribution < -0.4 is 4.90 Å². The first-order chi connectivity index (χ1) is 9.93. The average Bonchev–Trinajstić information content (AvgIpc) is 2.45. The molecule has 0 amide bonds. The molecule has 0 radical (unpaired) electrons. The van der Waals surface area contributed by atoms with Crippen LogP contribution in [0.4, 0.5) is 20.2 Å².